The lowest BCUT2D eigenvalue weighted by Crippen LogP contribution is -2.41. The SMILES string of the molecule is CC(C)(C=CB1OC(C)(C)C(C)(C)O1)O[Si](C)(C)C. The first-order chi connectivity index (χ1) is 8.24. The molecule has 0 spiro atoms. The summed E-state index contributed by atoms with van der Waals surface area (Å²) in [5, 5.41) is 0. The Hall–Kier alpha value is -0.0982. The zero-order valence-electron chi connectivity index (χ0n) is 14.0. The lowest BCUT2D eigenvalue weighted by molar-refractivity contribution is 0.00578. The molecule has 0 aliphatic carbocycles. The van der Waals surface area contributed by atoms with Crippen LogP contribution in [0.2, 0.25) is 19.6 Å². The molecule has 0 saturated carbocycles. The van der Waals surface area contributed by atoms with Crippen LogP contribution in [-0.2, 0) is 13.7 Å². The molecule has 1 saturated heterocycles. The first-order valence-corrected chi connectivity index (χ1v) is 10.4. The summed E-state index contributed by atoms with van der Waals surface area (Å²) in [6, 6.07) is 0. The molecule has 0 amide bonds. The van der Waals surface area contributed by atoms with Crippen molar-refractivity contribution in [3.63, 3.8) is 0 Å². The number of hydrogen-bond donors (Lipinski definition) is 0. The van der Waals surface area contributed by atoms with E-state index in [1.165, 1.54) is 0 Å². The highest BCUT2D eigenvalue weighted by atomic mass is 28.4. The van der Waals surface area contributed by atoms with Gasteiger partial charge in [0.2, 0.25) is 0 Å². The topological polar surface area (TPSA) is 27.7 Å². The summed E-state index contributed by atoms with van der Waals surface area (Å²) < 4.78 is 18.0. The zero-order valence-corrected chi connectivity index (χ0v) is 15.0. The molecule has 0 N–H and O–H groups in total. The lowest BCUT2D eigenvalue weighted by atomic mass is 9.88. The first-order valence-electron chi connectivity index (χ1n) is 6.99. The Labute approximate surface area is 120 Å². The summed E-state index contributed by atoms with van der Waals surface area (Å²) in [5.74, 6) is 1.97. The molecular weight excluding hydrogens is 255 g/mol. The molecule has 0 unspecified atom stereocenters. The largest absolute Gasteiger partial charge is 0.486 e. The minimum absolute atomic E-state index is 0.284. The molecule has 0 aromatic heterocycles. The second-order valence-corrected chi connectivity index (χ2v) is 12.2. The predicted molar refractivity (Wildman–Crippen MR) is 83.7 cm³/mol. The monoisotopic (exact) mass is 284 g/mol. The van der Waals surface area contributed by atoms with Gasteiger partial charge in [0, 0.05) is 0 Å². The molecule has 0 bridgehead atoms. The molecule has 1 aliphatic heterocycles. The minimum Gasteiger partial charge on any atom is -0.409 e. The molecule has 1 fully saturated rings. The zero-order chi connectivity index (χ0) is 15.1. The predicted octanol–water partition coefficient (Wildman–Crippen LogP) is 3.80. The Morgan fingerprint density at radius 3 is 1.79 bits per heavy atom. The lowest BCUT2D eigenvalue weighted by Gasteiger charge is -2.32. The van der Waals surface area contributed by atoms with E-state index in [-0.39, 0.29) is 23.9 Å². The van der Waals surface area contributed by atoms with Crippen molar-refractivity contribution >= 4 is 15.4 Å². The maximum atomic E-state index is 6.13. The van der Waals surface area contributed by atoms with Gasteiger partial charge in [0.25, 0.3) is 0 Å². The van der Waals surface area contributed by atoms with Crippen LogP contribution >= 0.6 is 0 Å². The average molecular weight is 284 g/mol. The molecule has 1 aliphatic rings. The second-order valence-electron chi connectivity index (χ2n) is 7.80. The Kier molecular flexibility index (Phi) is 4.48. The van der Waals surface area contributed by atoms with Gasteiger partial charge < -0.3 is 13.7 Å². The molecule has 19 heavy (non-hydrogen) atoms. The fraction of sp³-hybridized carbons (Fsp3) is 0.857. The molecule has 1 heterocycles. The van der Waals surface area contributed by atoms with E-state index in [1.807, 2.05) is 12.1 Å². The molecule has 1 rings (SSSR count). The van der Waals surface area contributed by atoms with Crippen molar-refractivity contribution in [3.05, 3.63) is 12.1 Å². The average Bonchev–Trinajstić information content (AvgIpc) is 2.28. The summed E-state index contributed by atoms with van der Waals surface area (Å²) in [4.78, 5) is 0. The van der Waals surface area contributed by atoms with Crippen LogP contribution in [-0.4, -0.2) is 32.2 Å². The van der Waals surface area contributed by atoms with Crippen LogP contribution < -0.4 is 0 Å². The van der Waals surface area contributed by atoms with Crippen LogP contribution in [0.3, 0.4) is 0 Å². The van der Waals surface area contributed by atoms with Crippen LogP contribution in [0.1, 0.15) is 41.5 Å². The quantitative estimate of drug-likeness (QED) is 0.735. The summed E-state index contributed by atoms with van der Waals surface area (Å²) in [7, 11) is -1.86. The van der Waals surface area contributed by atoms with E-state index in [0.29, 0.717) is 0 Å². The molecule has 0 aromatic rings. The van der Waals surface area contributed by atoms with Crippen LogP contribution in [0, 0.1) is 0 Å². The molecule has 0 atom stereocenters. The van der Waals surface area contributed by atoms with Crippen molar-refractivity contribution in [2.75, 3.05) is 0 Å². The number of hydrogen-bond acceptors (Lipinski definition) is 3. The van der Waals surface area contributed by atoms with E-state index < -0.39 is 8.32 Å². The van der Waals surface area contributed by atoms with Gasteiger partial charge in [0.1, 0.15) is 0 Å². The van der Waals surface area contributed by atoms with Crippen molar-refractivity contribution in [1.29, 1.82) is 0 Å². The normalized spacial score (nSPS) is 23.3. The van der Waals surface area contributed by atoms with E-state index in [0.717, 1.165) is 0 Å². The minimum atomic E-state index is -1.56. The maximum absolute atomic E-state index is 6.13. The van der Waals surface area contributed by atoms with Crippen LogP contribution in [0.15, 0.2) is 12.1 Å². The maximum Gasteiger partial charge on any atom is 0.486 e. The van der Waals surface area contributed by atoms with E-state index in [4.69, 9.17) is 13.7 Å². The van der Waals surface area contributed by atoms with Crippen LogP contribution in [0.25, 0.3) is 0 Å². The van der Waals surface area contributed by atoms with Crippen molar-refractivity contribution < 1.29 is 13.7 Å². The van der Waals surface area contributed by atoms with Gasteiger partial charge in [0.15, 0.2) is 8.32 Å². The van der Waals surface area contributed by atoms with Gasteiger partial charge in [-0.1, -0.05) is 12.1 Å². The molecule has 3 nitrogen and oxygen atoms in total. The fourth-order valence-electron chi connectivity index (χ4n) is 2.10. The van der Waals surface area contributed by atoms with Gasteiger partial charge in [-0.05, 0) is 61.2 Å². The van der Waals surface area contributed by atoms with Gasteiger partial charge in [0.05, 0.1) is 16.8 Å². The fourth-order valence-corrected chi connectivity index (χ4v) is 3.75. The third kappa shape index (κ3) is 4.74. The highest BCUT2D eigenvalue weighted by Crippen LogP contribution is 2.37. The Morgan fingerprint density at radius 2 is 1.42 bits per heavy atom. The second kappa shape index (κ2) is 5.02. The van der Waals surface area contributed by atoms with E-state index in [2.05, 4.69) is 61.2 Å². The van der Waals surface area contributed by atoms with Crippen molar-refractivity contribution in [1.82, 2.24) is 0 Å². The summed E-state index contributed by atoms with van der Waals surface area (Å²) >= 11 is 0. The first kappa shape index (κ1) is 17.0. The molecule has 110 valence electrons. The standard InChI is InChI=1S/C14H29BO3Si/c1-12(2,18-19(7,8)9)10-11-15-16-13(3,4)14(5,6)17-15/h10-11H,1-9H3. The van der Waals surface area contributed by atoms with Gasteiger partial charge >= 0.3 is 7.12 Å². The third-order valence-corrected chi connectivity index (χ3v) is 4.63. The Bertz CT molecular complexity index is 340. The molecule has 0 radical (unpaired) electrons. The Morgan fingerprint density at radius 1 is 1.00 bits per heavy atom. The third-order valence-electron chi connectivity index (χ3n) is 3.50. The Balaban J connectivity index is 2.69. The van der Waals surface area contributed by atoms with Crippen molar-refractivity contribution in [2.24, 2.45) is 0 Å². The summed E-state index contributed by atoms with van der Waals surface area (Å²) in [6.07, 6.45) is 2.05. The molecule has 0 aromatic carbocycles. The van der Waals surface area contributed by atoms with Crippen molar-refractivity contribution in [2.45, 2.75) is 78.0 Å². The smallest absolute Gasteiger partial charge is 0.409 e. The summed E-state index contributed by atoms with van der Waals surface area (Å²) in [6.45, 7) is 19.0. The van der Waals surface area contributed by atoms with Gasteiger partial charge in [-0.15, -0.1) is 0 Å². The van der Waals surface area contributed by atoms with Crippen LogP contribution in [0.4, 0.5) is 0 Å². The van der Waals surface area contributed by atoms with E-state index >= 15 is 0 Å². The molecule has 5 heteroatoms. The van der Waals surface area contributed by atoms with Gasteiger partial charge in [-0.2, -0.15) is 0 Å². The van der Waals surface area contributed by atoms with Crippen molar-refractivity contribution in [3.8, 4) is 0 Å². The summed E-state index contributed by atoms with van der Waals surface area (Å²) in [5.41, 5.74) is -0.856. The van der Waals surface area contributed by atoms with Crippen LogP contribution in [0.5, 0.6) is 0 Å². The number of rotatable bonds is 4. The van der Waals surface area contributed by atoms with E-state index in [9.17, 15) is 0 Å². The molecular formula is C14H29BO3Si. The van der Waals surface area contributed by atoms with Gasteiger partial charge in [-0.25, -0.2) is 0 Å². The highest BCUT2D eigenvalue weighted by Gasteiger charge is 2.50. The van der Waals surface area contributed by atoms with Gasteiger partial charge in [-0.3, -0.25) is 0 Å². The van der Waals surface area contributed by atoms with E-state index in [1.54, 1.807) is 0 Å². The highest BCUT2D eigenvalue weighted by molar-refractivity contribution is 6.69.